The molecule has 36 heavy (non-hydrogen) atoms. The van der Waals surface area contributed by atoms with Gasteiger partial charge in [0, 0.05) is 49.2 Å². The van der Waals surface area contributed by atoms with Crippen LogP contribution < -0.4 is 0 Å². The van der Waals surface area contributed by atoms with Gasteiger partial charge in [0.2, 0.25) is 5.91 Å². The molecule has 1 aromatic heterocycles. The quantitative estimate of drug-likeness (QED) is 0.478. The smallest absolute Gasteiger partial charge is 0.254 e. The van der Waals surface area contributed by atoms with E-state index in [1.54, 1.807) is 11.3 Å². The van der Waals surface area contributed by atoms with Crippen molar-refractivity contribution in [2.75, 3.05) is 26.2 Å². The molecule has 6 rings (SSSR count). The van der Waals surface area contributed by atoms with Crippen LogP contribution in [0.2, 0.25) is 0 Å². The lowest BCUT2D eigenvalue weighted by Gasteiger charge is -2.46. The van der Waals surface area contributed by atoms with E-state index in [1.165, 1.54) is 5.56 Å². The Labute approximate surface area is 217 Å². The van der Waals surface area contributed by atoms with Gasteiger partial charge in [0.25, 0.3) is 5.91 Å². The SMILES string of the molecule is O=C([C@H]1c2ccccc2C(=O)N(C2CCCC2)[C@@H]1c1cccs1)N1CCN(Cc2ccccc2)CC1. The van der Waals surface area contributed by atoms with Gasteiger partial charge in [0.15, 0.2) is 0 Å². The molecule has 2 amide bonds. The van der Waals surface area contributed by atoms with Crippen molar-refractivity contribution >= 4 is 23.2 Å². The summed E-state index contributed by atoms with van der Waals surface area (Å²) in [6, 6.07) is 22.5. The highest BCUT2D eigenvalue weighted by atomic mass is 32.1. The summed E-state index contributed by atoms with van der Waals surface area (Å²) in [5, 5.41) is 2.07. The summed E-state index contributed by atoms with van der Waals surface area (Å²) in [6.45, 7) is 4.09. The number of carbonyl (C=O) groups excluding carboxylic acids is 2. The van der Waals surface area contributed by atoms with E-state index in [9.17, 15) is 9.59 Å². The number of nitrogens with zero attached hydrogens (tertiary/aromatic N) is 3. The molecule has 0 bridgehead atoms. The number of amides is 2. The lowest BCUT2D eigenvalue weighted by atomic mass is 9.80. The molecule has 1 saturated heterocycles. The van der Waals surface area contributed by atoms with E-state index in [0.29, 0.717) is 5.56 Å². The summed E-state index contributed by atoms with van der Waals surface area (Å²) in [4.78, 5) is 35.9. The number of piperazine rings is 1. The van der Waals surface area contributed by atoms with Gasteiger partial charge in [-0.05, 0) is 41.5 Å². The second kappa shape index (κ2) is 10.2. The zero-order valence-electron chi connectivity index (χ0n) is 20.6. The zero-order chi connectivity index (χ0) is 24.5. The maximum Gasteiger partial charge on any atom is 0.254 e. The van der Waals surface area contributed by atoms with Crippen molar-refractivity contribution in [2.24, 2.45) is 0 Å². The minimum atomic E-state index is -0.362. The van der Waals surface area contributed by atoms with Gasteiger partial charge in [0.05, 0.1) is 12.0 Å². The molecule has 1 saturated carbocycles. The fourth-order valence-electron chi connectivity index (χ4n) is 6.33. The van der Waals surface area contributed by atoms with Gasteiger partial charge in [-0.3, -0.25) is 14.5 Å². The van der Waals surface area contributed by atoms with E-state index in [4.69, 9.17) is 0 Å². The molecule has 1 aliphatic carbocycles. The summed E-state index contributed by atoms with van der Waals surface area (Å²) < 4.78 is 0. The highest BCUT2D eigenvalue weighted by Gasteiger charge is 2.48. The lowest BCUT2D eigenvalue weighted by Crippen LogP contribution is -2.54. The predicted octanol–water partition coefficient (Wildman–Crippen LogP) is 5.32. The van der Waals surface area contributed by atoms with Crippen molar-refractivity contribution in [3.05, 3.63) is 93.7 Å². The Hall–Kier alpha value is -2.96. The summed E-state index contributed by atoms with van der Waals surface area (Å²) in [5.74, 6) is -0.109. The molecule has 2 aliphatic heterocycles. The van der Waals surface area contributed by atoms with Crippen molar-refractivity contribution in [2.45, 2.75) is 50.2 Å². The van der Waals surface area contributed by atoms with Gasteiger partial charge in [-0.25, -0.2) is 0 Å². The molecular weight excluding hydrogens is 466 g/mol. The number of fused-ring (bicyclic) bond motifs is 1. The van der Waals surface area contributed by atoms with Crippen molar-refractivity contribution in [3.8, 4) is 0 Å². The van der Waals surface area contributed by atoms with Crippen LogP contribution in [0.15, 0.2) is 72.1 Å². The Morgan fingerprint density at radius 1 is 0.861 bits per heavy atom. The first kappa shape index (κ1) is 23.4. The van der Waals surface area contributed by atoms with Crippen LogP contribution in [-0.2, 0) is 11.3 Å². The fraction of sp³-hybridized carbons (Fsp3) is 0.400. The van der Waals surface area contributed by atoms with Crippen molar-refractivity contribution in [1.29, 1.82) is 0 Å². The van der Waals surface area contributed by atoms with Crippen LogP contribution in [0.25, 0.3) is 0 Å². The summed E-state index contributed by atoms with van der Waals surface area (Å²) >= 11 is 1.67. The van der Waals surface area contributed by atoms with E-state index >= 15 is 0 Å². The zero-order valence-corrected chi connectivity index (χ0v) is 21.4. The number of hydrogen-bond acceptors (Lipinski definition) is 4. The topological polar surface area (TPSA) is 43.9 Å². The average molecular weight is 500 g/mol. The molecule has 3 aliphatic rings. The fourth-order valence-corrected chi connectivity index (χ4v) is 7.19. The molecule has 6 heteroatoms. The number of thiophene rings is 1. The molecule has 0 spiro atoms. The number of carbonyl (C=O) groups is 2. The molecule has 2 fully saturated rings. The minimum absolute atomic E-state index is 0.0904. The first-order valence-electron chi connectivity index (χ1n) is 13.2. The number of benzene rings is 2. The van der Waals surface area contributed by atoms with Gasteiger partial charge in [-0.2, -0.15) is 0 Å². The third-order valence-corrected chi connectivity index (χ3v) is 9.07. The number of rotatable bonds is 5. The largest absolute Gasteiger partial charge is 0.340 e. The van der Waals surface area contributed by atoms with Crippen LogP contribution in [0, 0.1) is 0 Å². The summed E-state index contributed by atoms with van der Waals surface area (Å²) in [6.07, 6.45) is 4.34. The van der Waals surface area contributed by atoms with Crippen molar-refractivity contribution in [3.63, 3.8) is 0 Å². The second-order valence-electron chi connectivity index (χ2n) is 10.3. The molecule has 0 unspecified atom stereocenters. The Balaban J connectivity index is 1.30. The summed E-state index contributed by atoms with van der Waals surface area (Å²) in [5.41, 5.74) is 2.91. The Kier molecular flexibility index (Phi) is 6.63. The maximum absolute atomic E-state index is 14.3. The normalized spacial score (nSPS) is 23.2. The molecule has 0 N–H and O–H groups in total. The molecule has 5 nitrogen and oxygen atoms in total. The van der Waals surface area contributed by atoms with E-state index in [1.807, 2.05) is 41.3 Å². The Bertz CT molecular complexity index is 1200. The highest BCUT2D eigenvalue weighted by Crippen LogP contribution is 2.47. The molecule has 3 heterocycles. The van der Waals surface area contributed by atoms with Crippen LogP contribution in [0.4, 0.5) is 0 Å². The maximum atomic E-state index is 14.3. The van der Waals surface area contributed by atoms with Gasteiger partial charge >= 0.3 is 0 Å². The third-order valence-electron chi connectivity index (χ3n) is 8.13. The van der Waals surface area contributed by atoms with Gasteiger partial charge in [-0.15, -0.1) is 11.3 Å². The van der Waals surface area contributed by atoms with Gasteiger partial charge in [-0.1, -0.05) is 67.4 Å². The van der Waals surface area contributed by atoms with E-state index < -0.39 is 0 Å². The monoisotopic (exact) mass is 499 g/mol. The number of hydrogen-bond donors (Lipinski definition) is 0. The average Bonchev–Trinajstić information content (AvgIpc) is 3.64. The second-order valence-corrected chi connectivity index (χ2v) is 11.2. The Morgan fingerprint density at radius 3 is 2.31 bits per heavy atom. The molecule has 0 radical (unpaired) electrons. The highest BCUT2D eigenvalue weighted by molar-refractivity contribution is 7.10. The third kappa shape index (κ3) is 4.37. The molecule has 2 atom stereocenters. The van der Waals surface area contributed by atoms with E-state index in [2.05, 4.69) is 45.5 Å². The minimum Gasteiger partial charge on any atom is -0.340 e. The van der Waals surface area contributed by atoms with Crippen LogP contribution in [0.5, 0.6) is 0 Å². The van der Waals surface area contributed by atoms with Gasteiger partial charge in [0.1, 0.15) is 0 Å². The molecule has 3 aromatic rings. The van der Waals surface area contributed by atoms with Crippen molar-refractivity contribution in [1.82, 2.24) is 14.7 Å². The first-order valence-corrected chi connectivity index (χ1v) is 14.1. The summed E-state index contributed by atoms with van der Waals surface area (Å²) in [7, 11) is 0. The first-order chi connectivity index (χ1) is 17.7. The molecule has 186 valence electrons. The van der Waals surface area contributed by atoms with Crippen molar-refractivity contribution < 1.29 is 9.59 Å². The predicted molar refractivity (Wildman–Crippen MR) is 143 cm³/mol. The van der Waals surface area contributed by atoms with Crippen LogP contribution in [-0.4, -0.2) is 58.7 Å². The Morgan fingerprint density at radius 2 is 1.58 bits per heavy atom. The standard InChI is InChI=1S/C30H33N3O2S/c34-29-25-14-7-6-13-24(25)27(28(26-15-8-20-36-26)33(29)23-11-4-5-12-23)30(35)32-18-16-31(17-19-32)21-22-9-2-1-3-10-22/h1-3,6-10,13-15,20,23,27-28H,4-5,11-12,16-19,21H2/t27-,28+/m0/s1. The molecule has 2 aromatic carbocycles. The lowest BCUT2D eigenvalue weighted by molar-refractivity contribution is -0.136. The van der Waals surface area contributed by atoms with Gasteiger partial charge < -0.3 is 9.80 Å². The van der Waals surface area contributed by atoms with Crippen LogP contribution in [0.1, 0.15) is 64.0 Å². The molecular formula is C30H33N3O2S. The van der Waals surface area contributed by atoms with E-state index in [-0.39, 0.29) is 29.8 Å². The van der Waals surface area contributed by atoms with Crippen LogP contribution in [0.3, 0.4) is 0 Å². The van der Waals surface area contributed by atoms with Crippen LogP contribution >= 0.6 is 11.3 Å². The van der Waals surface area contributed by atoms with E-state index in [0.717, 1.165) is 68.8 Å².